The van der Waals surface area contributed by atoms with Crippen molar-refractivity contribution in [3.8, 4) is 0 Å². The summed E-state index contributed by atoms with van der Waals surface area (Å²) in [6, 6.07) is 5.40. The normalized spacial score (nSPS) is 17.6. The van der Waals surface area contributed by atoms with Gasteiger partial charge in [-0.25, -0.2) is 4.79 Å². The molecule has 1 aromatic heterocycles. The van der Waals surface area contributed by atoms with Crippen LogP contribution in [0.2, 0.25) is 0 Å². The number of imide groups is 1. The average Bonchev–Trinajstić information content (AvgIpc) is 2.90. The number of nitrogens with one attached hydrogen (secondary N) is 2. The Morgan fingerprint density at radius 3 is 2.79 bits per heavy atom. The van der Waals surface area contributed by atoms with Crippen LogP contribution in [0.5, 0.6) is 0 Å². The Balaban J connectivity index is 2.10. The van der Waals surface area contributed by atoms with Crippen LogP contribution in [-0.4, -0.2) is 28.9 Å². The number of hydrogen-bond donors (Lipinski definition) is 2. The Kier molecular flexibility index (Phi) is 2.67. The zero-order valence-electron chi connectivity index (χ0n) is 10.0. The van der Waals surface area contributed by atoms with Crippen molar-refractivity contribution < 1.29 is 9.59 Å². The van der Waals surface area contributed by atoms with Crippen LogP contribution in [0.25, 0.3) is 17.0 Å². The van der Waals surface area contributed by atoms with Crippen LogP contribution in [0.4, 0.5) is 4.79 Å². The van der Waals surface area contributed by atoms with Gasteiger partial charge in [-0.2, -0.15) is 0 Å². The molecule has 0 saturated carbocycles. The molecule has 6 heteroatoms. The monoisotopic (exact) mass is 319 g/mol. The average molecular weight is 320 g/mol. The van der Waals surface area contributed by atoms with Crippen molar-refractivity contribution >= 4 is 44.8 Å². The molecule has 0 bridgehead atoms. The molecule has 1 aliphatic rings. The molecule has 1 aromatic carbocycles. The second-order valence-corrected chi connectivity index (χ2v) is 5.11. The van der Waals surface area contributed by atoms with E-state index in [1.165, 1.54) is 7.05 Å². The summed E-state index contributed by atoms with van der Waals surface area (Å²) in [5.41, 5.74) is 2.10. The first-order valence-electron chi connectivity index (χ1n) is 5.64. The van der Waals surface area contributed by atoms with Gasteiger partial charge in [-0.15, -0.1) is 0 Å². The van der Waals surface area contributed by atoms with Crippen LogP contribution in [0.3, 0.4) is 0 Å². The highest BCUT2D eigenvalue weighted by Crippen LogP contribution is 2.27. The number of aromatic amines is 1. The highest BCUT2D eigenvalue weighted by atomic mass is 79.9. The molecule has 2 N–H and O–H groups in total. The maximum atomic E-state index is 11.8. The van der Waals surface area contributed by atoms with Crippen molar-refractivity contribution in [3.05, 3.63) is 40.1 Å². The van der Waals surface area contributed by atoms with Gasteiger partial charge in [-0.1, -0.05) is 12.1 Å². The maximum Gasteiger partial charge on any atom is 0.328 e. The van der Waals surface area contributed by atoms with Crippen molar-refractivity contribution in [3.63, 3.8) is 0 Å². The lowest BCUT2D eigenvalue weighted by molar-refractivity contribution is -0.121. The number of urea groups is 1. The fourth-order valence-corrected chi connectivity index (χ4v) is 2.52. The van der Waals surface area contributed by atoms with E-state index in [9.17, 15) is 9.59 Å². The molecular weight excluding hydrogens is 310 g/mol. The molecule has 5 nitrogen and oxygen atoms in total. The summed E-state index contributed by atoms with van der Waals surface area (Å²) < 4.78 is 0.952. The van der Waals surface area contributed by atoms with E-state index in [0.29, 0.717) is 0 Å². The number of halogens is 1. The van der Waals surface area contributed by atoms with Crippen molar-refractivity contribution in [1.82, 2.24) is 15.2 Å². The summed E-state index contributed by atoms with van der Waals surface area (Å²) in [5.74, 6) is -0.325. The number of fused-ring (bicyclic) bond motifs is 1. The third-order valence-electron chi connectivity index (χ3n) is 3.08. The second kappa shape index (κ2) is 4.24. The van der Waals surface area contributed by atoms with Gasteiger partial charge in [0.05, 0.1) is 5.52 Å². The van der Waals surface area contributed by atoms with Crippen LogP contribution >= 0.6 is 15.9 Å². The van der Waals surface area contributed by atoms with Crippen molar-refractivity contribution in [1.29, 1.82) is 0 Å². The SMILES string of the molecule is CN1C(=O)N/C(=C\c2c[nH]c3c(Br)cccc23)C1=O. The maximum absolute atomic E-state index is 11.8. The zero-order valence-corrected chi connectivity index (χ0v) is 11.6. The smallest absolute Gasteiger partial charge is 0.328 e. The number of rotatable bonds is 1. The number of aromatic nitrogens is 1. The lowest BCUT2D eigenvalue weighted by atomic mass is 10.1. The molecule has 0 aliphatic carbocycles. The topological polar surface area (TPSA) is 65.2 Å². The summed E-state index contributed by atoms with van der Waals surface area (Å²) >= 11 is 3.46. The zero-order chi connectivity index (χ0) is 13.6. The number of H-pyrrole nitrogens is 1. The molecular formula is C13H10BrN3O2. The number of para-hydroxylation sites is 1. The third-order valence-corrected chi connectivity index (χ3v) is 3.74. The van der Waals surface area contributed by atoms with Crippen LogP contribution < -0.4 is 5.32 Å². The molecule has 0 radical (unpaired) electrons. The number of carbonyl (C=O) groups excluding carboxylic acids is 2. The van der Waals surface area contributed by atoms with E-state index in [4.69, 9.17) is 0 Å². The number of hydrogen-bond acceptors (Lipinski definition) is 2. The van der Waals surface area contributed by atoms with Gasteiger partial charge in [0, 0.05) is 28.7 Å². The largest absolute Gasteiger partial charge is 0.360 e. The van der Waals surface area contributed by atoms with Crippen LogP contribution in [0.15, 0.2) is 34.6 Å². The first kappa shape index (κ1) is 12.0. The molecule has 2 aromatic rings. The predicted molar refractivity (Wildman–Crippen MR) is 75.3 cm³/mol. The number of nitrogens with zero attached hydrogens (tertiary/aromatic N) is 1. The highest BCUT2D eigenvalue weighted by molar-refractivity contribution is 9.10. The molecule has 1 fully saturated rings. The van der Waals surface area contributed by atoms with Crippen molar-refractivity contribution in [2.75, 3.05) is 7.05 Å². The Hall–Kier alpha value is -2.08. The number of carbonyl (C=O) groups is 2. The quantitative estimate of drug-likeness (QED) is 0.626. The number of benzene rings is 1. The lowest BCUT2D eigenvalue weighted by Gasteiger charge is -1.99. The van der Waals surface area contributed by atoms with Crippen LogP contribution in [-0.2, 0) is 4.79 Å². The second-order valence-electron chi connectivity index (χ2n) is 4.26. The van der Waals surface area contributed by atoms with E-state index < -0.39 is 6.03 Å². The Labute approximate surface area is 117 Å². The Morgan fingerprint density at radius 1 is 1.32 bits per heavy atom. The van der Waals surface area contributed by atoms with Gasteiger partial charge < -0.3 is 10.3 Å². The Bertz CT molecular complexity index is 733. The van der Waals surface area contributed by atoms with Gasteiger partial charge in [0.2, 0.25) is 0 Å². The number of likely N-dealkylation sites (N-methyl/N-ethyl adjacent to an activating group) is 1. The minimum absolute atomic E-state index is 0.286. The van der Waals surface area contributed by atoms with Crippen molar-refractivity contribution in [2.45, 2.75) is 0 Å². The molecule has 3 amide bonds. The minimum atomic E-state index is -0.405. The van der Waals surface area contributed by atoms with Gasteiger partial charge in [0.15, 0.2) is 0 Å². The van der Waals surface area contributed by atoms with E-state index in [1.54, 1.807) is 12.3 Å². The molecule has 3 rings (SSSR count). The van der Waals surface area contributed by atoms with E-state index in [0.717, 1.165) is 25.8 Å². The van der Waals surface area contributed by atoms with Gasteiger partial charge >= 0.3 is 6.03 Å². The van der Waals surface area contributed by atoms with Gasteiger partial charge in [-0.3, -0.25) is 9.69 Å². The predicted octanol–water partition coefficient (Wildman–Crippen LogP) is 2.45. The molecule has 96 valence electrons. The lowest BCUT2D eigenvalue weighted by Crippen LogP contribution is -2.25. The standard InChI is InChI=1S/C13H10BrN3O2/c1-17-12(18)10(16-13(17)19)5-7-6-15-11-8(7)3-2-4-9(11)14/h2-6,15H,1H3,(H,16,19)/b10-5-. The van der Waals surface area contributed by atoms with Gasteiger partial charge in [0.1, 0.15) is 5.70 Å². The summed E-state index contributed by atoms with van der Waals surface area (Å²) in [6.45, 7) is 0. The third kappa shape index (κ3) is 1.84. The molecule has 2 heterocycles. The van der Waals surface area contributed by atoms with E-state index in [-0.39, 0.29) is 11.6 Å². The first-order valence-corrected chi connectivity index (χ1v) is 6.43. The summed E-state index contributed by atoms with van der Waals surface area (Å²) in [7, 11) is 1.45. The first-order chi connectivity index (χ1) is 9.08. The van der Waals surface area contributed by atoms with E-state index in [2.05, 4.69) is 26.2 Å². The van der Waals surface area contributed by atoms with Crippen LogP contribution in [0.1, 0.15) is 5.56 Å². The molecule has 0 spiro atoms. The fraction of sp³-hybridized carbons (Fsp3) is 0.0769. The molecule has 0 unspecified atom stereocenters. The van der Waals surface area contributed by atoms with E-state index in [1.807, 2.05) is 18.2 Å². The van der Waals surface area contributed by atoms with Crippen molar-refractivity contribution in [2.24, 2.45) is 0 Å². The Morgan fingerprint density at radius 2 is 2.11 bits per heavy atom. The van der Waals surface area contributed by atoms with E-state index >= 15 is 0 Å². The summed E-state index contributed by atoms with van der Waals surface area (Å²) in [6.07, 6.45) is 3.48. The van der Waals surface area contributed by atoms with Gasteiger partial charge in [-0.05, 0) is 28.1 Å². The minimum Gasteiger partial charge on any atom is -0.360 e. The highest BCUT2D eigenvalue weighted by Gasteiger charge is 2.30. The molecule has 0 atom stereocenters. The molecule has 19 heavy (non-hydrogen) atoms. The summed E-state index contributed by atoms with van der Waals surface area (Å²) in [4.78, 5) is 27.4. The van der Waals surface area contributed by atoms with Gasteiger partial charge in [0.25, 0.3) is 5.91 Å². The molecule has 1 saturated heterocycles. The molecule has 1 aliphatic heterocycles. The van der Waals surface area contributed by atoms with Crippen LogP contribution in [0, 0.1) is 0 Å². The number of amides is 3. The summed E-state index contributed by atoms with van der Waals surface area (Å²) in [5, 5.41) is 3.53. The fourth-order valence-electron chi connectivity index (χ4n) is 2.04.